The number of carbonyl (C=O) groups excluding carboxylic acids is 1. The van der Waals surface area contributed by atoms with Gasteiger partial charge >= 0.3 is 0 Å². The van der Waals surface area contributed by atoms with E-state index < -0.39 is 0 Å². The van der Waals surface area contributed by atoms with Crippen LogP contribution < -0.4 is 5.32 Å². The number of halogens is 2. The Bertz CT molecular complexity index is 684. The molecule has 0 saturated carbocycles. The van der Waals surface area contributed by atoms with Gasteiger partial charge in [-0.1, -0.05) is 23.2 Å². The van der Waals surface area contributed by atoms with Crippen LogP contribution in [0.4, 0.5) is 0 Å². The predicted octanol–water partition coefficient (Wildman–Crippen LogP) is 4.49. The van der Waals surface area contributed by atoms with Crippen molar-refractivity contribution in [1.82, 2.24) is 10.2 Å². The number of carbonyl (C=O) groups is 1. The van der Waals surface area contributed by atoms with Crippen LogP contribution in [0.5, 0.6) is 0 Å². The molecule has 0 radical (unpaired) electrons. The molecule has 23 heavy (non-hydrogen) atoms. The zero-order valence-electron chi connectivity index (χ0n) is 12.9. The van der Waals surface area contributed by atoms with Crippen LogP contribution in [-0.4, -0.2) is 31.4 Å². The van der Waals surface area contributed by atoms with Crippen molar-refractivity contribution in [3.05, 3.63) is 62.3 Å². The molecular weight excluding hydrogens is 351 g/mol. The van der Waals surface area contributed by atoms with E-state index >= 15 is 0 Å². The molecule has 0 fully saturated rings. The number of likely N-dealkylation sites (N-methyl/N-ethyl adjacent to an activating group) is 1. The first kappa shape index (κ1) is 18.0. The molecule has 6 heteroatoms. The molecule has 2 rings (SSSR count). The first-order valence-electron chi connectivity index (χ1n) is 7.07. The largest absolute Gasteiger partial charge is 0.351 e. The van der Waals surface area contributed by atoms with E-state index in [9.17, 15) is 4.79 Å². The molecule has 1 N–H and O–H groups in total. The van der Waals surface area contributed by atoms with Gasteiger partial charge in [0.05, 0.1) is 6.04 Å². The van der Waals surface area contributed by atoms with Crippen LogP contribution in [-0.2, 0) is 4.79 Å². The second-order valence-corrected chi connectivity index (χ2v) is 6.90. The normalized spacial score (nSPS) is 12.7. The minimum absolute atomic E-state index is 0.147. The monoisotopic (exact) mass is 368 g/mol. The number of benzene rings is 1. The van der Waals surface area contributed by atoms with Crippen molar-refractivity contribution in [2.45, 2.75) is 6.04 Å². The molecular formula is C17H18Cl2N2OS. The summed E-state index contributed by atoms with van der Waals surface area (Å²) in [7, 11) is 3.99. The molecule has 0 bridgehead atoms. The summed E-state index contributed by atoms with van der Waals surface area (Å²) >= 11 is 13.6. The number of nitrogens with zero attached hydrogens (tertiary/aromatic N) is 1. The molecule has 1 atom stereocenters. The van der Waals surface area contributed by atoms with E-state index in [4.69, 9.17) is 23.2 Å². The highest BCUT2D eigenvalue weighted by Gasteiger charge is 2.14. The van der Waals surface area contributed by atoms with Crippen LogP contribution in [0.3, 0.4) is 0 Å². The average Bonchev–Trinajstić information content (AvgIpc) is 3.02. The maximum Gasteiger partial charge on any atom is 0.244 e. The summed E-state index contributed by atoms with van der Waals surface area (Å²) in [6.45, 7) is 0.538. The molecule has 1 aromatic carbocycles. The number of hydrogen-bond donors (Lipinski definition) is 1. The lowest BCUT2D eigenvalue weighted by atomic mass is 10.1. The minimum atomic E-state index is -0.164. The zero-order chi connectivity index (χ0) is 16.8. The van der Waals surface area contributed by atoms with E-state index in [-0.39, 0.29) is 11.9 Å². The third-order valence-corrected chi connectivity index (χ3v) is 4.67. The Labute approximate surface area is 150 Å². The van der Waals surface area contributed by atoms with Gasteiger partial charge in [0, 0.05) is 22.7 Å². The third-order valence-electron chi connectivity index (χ3n) is 3.39. The molecule has 1 amide bonds. The highest BCUT2D eigenvalue weighted by atomic mass is 35.5. The summed E-state index contributed by atoms with van der Waals surface area (Å²) < 4.78 is 0. The molecule has 3 nitrogen and oxygen atoms in total. The highest BCUT2D eigenvalue weighted by molar-refractivity contribution is 7.07. The Morgan fingerprint density at radius 1 is 1.35 bits per heavy atom. The standard InChI is InChI=1S/C17H18Cl2N2OS/c1-21(2)16(13-7-8-23-11-13)10-20-17(22)6-3-12-9-14(18)4-5-15(12)19/h3-9,11,16H,10H2,1-2H3,(H,20,22)/b6-3+. The summed E-state index contributed by atoms with van der Waals surface area (Å²) in [5.74, 6) is -0.164. The van der Waals surface area contributed by atoms with Crippen LogP contribution in [0.2, 0.25) is 10.0 Å². The molecule has 1 unspecified atom stereocenters. The van der Waals surface area contributed by atoms with Gasteiger partial charge in [-0.05, 0) is 66.3 Å². The number of thiophene rings is 1. The van der Waals surface area contributed by atoms with Crippen molar-refractivity contribution in [2.75, 3.05) is 20.6 Å². The van der Waals surface area contributed by atoms with Crippen LogP contribution in [0.1, 0.15) is 17.2 Å². The summed E-state index contributed by atoms with van der Waals surface area (Å²) in [4.78, 5) is 14.1. The van der Waals surface area contributed by atoms with Gasteiger partial charge in [-0.25, -0.2) is 0 Å². The first-order valence-corrected chi connectivity index (χ1v) is 8.76. The minimum Gasteiger partial charge on any atom is -0.351 e. The number of nitrogens with one attached hydrogen (secondary N) is 1. The van der Waals surface area contributed by atoms with Gasteiger partial charge in [0.1, 0.15) is 0 Å². The van der Waals surface area contributed by atoms with Gasteiger partial charge in [0.2, 0.25) is 5.91 Å². The van der Waals surface area contributed by atoms with Gasteiger partial charge in [0.15, 0.2) is 0 Å². The van der Waals surface area contributed by atoms with Crippen molar-refractivity contribution >= 4 is 46.5 Å². The van der Waals surface area contributed by atoms with Crippen molar-refractivity contribution in [3.8, 4) is 0 Å². The number of rotatable bonds is 6. The van der Waals surface area contributed by atoms with E-state index in [0.29, 0.717) is 16.6 Å². The SMILES string of the molecule is CN(C)C(CNC(=O)/C=C/c1cc(Cl)ccc1Cl)c1ccsc1. The van der Waals surface area contributed by atoms with E-state index in [1.807, 2.05) is 19.5 Å². The average molecular weight is 369 g/mol. The summed E-state index contributed by atoms with van der Waals surface area (Å²) in [6.07, 6.45) is 3.14. The van der Waals surface area contributed by atoms with Crippen molar-refractivity contribution in [2.24, 2.45) is 0 Å². The van der Waals surface area contributed by atoms with E-state index in [0.717, 1.165) is 5.56 Å². The third kappa shape index (κ3) is 5.36. The zero-order valence-corrected chi connectivity index (χ0v) is 15.3. The summed E-state index contributed by atoms with van der Waals surface area (Å²) in [5.41, 5.74) is 1.92. The first-order chi connectivity index (χ1) is 11.0. The Balaban J connectivity index is 1.96. The van der Waals surface area contributed by atoms with Crippen LogP contribution in [0, 0.1) is 0 Å². The quantitative estimate of drug-likeness (QED) is 0.761. The predicted molar refractivity (Wildman–Crippen MR) is 99.3 cm³/mol. The summed E-state index contributed by atoms with van der Waals surface area (Å²) in [6, 6.07) is 7.36. The fourth-order valence-electron chi connectivity index (χ4n) is 2.13. The highest BCUT2D eigenvalue weighted by Crippen LogP contribution is 2.22. The maximum atomic E-state index is 12.0. The molecule has 0 aliphatic rings. The molecule has 1 aromatic heterocycles. The molecule has 0 spiro atoms. The molecule has 2 aromatic rings. The van der Waals surface area contributed by atoms with Gasteiger partial charge in [-0.3, -0.25) is 4.79 Å². The van der Waals surface area contributed by atoms with Gasteiger partial charge in [-0.2, -0.15) is 11.3 Å². The lowest BCUT2D eigenvalue weighted by Crippen LogP contribution is -2.33. The topological polar surface area (TPSA) is 32.3 Å². The Kier molecular flexibility index (Phi) is 6.66. The molecule has 122 valence electrons. The van der Waals surface area contributed by atoms with E-state index in [1.54, 1.807) is 35.6 Å². The van der Waals surface area contributed by atoms with Crippen molar-refractivity contribution in [1.29, 1.82) is 0 Å². The van der Waals surface area contributed by atoms with Gasteiger partial charge in [-0.15, -0.1) is 0 Å². The fourth-order valence-corrected chi connectivity index (χ4v) is 3.20. The Morgan fingerprint density at radius 2 is 2.13 bits per heavy atom. The van der Waals surface area contributed by atoms with Crippen LogP contribution in [0.15, 0.2) is 41.1 Å². The number of amides is 1. The Morgan fingerprint density at radius 3 is 2.78 bits per heavy atom. The van der Waals surface area contributed by atoms with Crippen LogP contribution in [0.25, 0.3) is 6.08 Å². The lowest BCUT2D eigenvalue weighted by Gasteiger charge is -2.23. The summed E-state index contributed by atoms with van der Waals surface area (Å²) in [5, 5.41) is 8.19. The lowest BCUT2D eigenvalue weighted by molar-refractivity contribution is -0.116. The van der Waals surface area contributed by atoms with Crippen LogP contribution >= 0.6 is 34.5 Å². The fraction of sp³-hybridized carbons (Fsp3) is 0.235. The van der Waals surface area contributed by atoms with Gasteiger partial charge in [0.25, 0.3) is 0 Å². The molecule has 0 aliphatic carbocycles. The van der Waals surface area contributed by atoms with E-state index in [2.05, 4.69) is 21.7 Å². The smallest absolute Gasteiger partial charge is 0.244 e. The van der Waals surface area contributed by atoms with E-state index in [1.165, 1.54) is 11.6 Å². The van der Waals surface area contributed by atoms with Crippen molar-refractivity contribution in [3.63, 3.8) is 0 Å². The second-order valence-electron chi connectivity index (χ2n) is 5.28. The van der Waals surface area contributed by atoms with Gasteiger partial charge < -0.3 is 10.2 Å². The molecule has 0 saturated heterocycles. The maximum absolute atomic E-state index is 12.0. The second kappa shape index (κ2) is 8.50. The molecule has 1 heterocycles. The Hall–Kier alpha value is -1.33. The van der Waals surface area contributed by atoms with Crippen molar-refractivity contribution < 1.29 is 4.79 Å². The molecule has 0 aliphatic heterocycles. The number of hydrogen-bond acceptors (Lipinski definition) is 3.